The van der Waals surface area contributed by atoms with Crippen LogP contribution in [-0.2, 0) is 11.2 Å². The molecule has 1 fully saturated rings. The van der Waals surface area contributed by atoms with Gasteiger partial charge in [-0.25, -0.2) is 0 Å². The minimum atomic E-state index is -0.735. The third-order valence-electron chi connectivity index (χ3n) is 3.34. The Morgan fingerprint density at radius 2 is 2.22 bits per heavy atom. The molecular weight excluding hydrogens is 246 g/mol. The molecule has 4 heteroatoms. The maximum Gasteiger partial charge on any atom is 0.320 e. The molecule has 0 bridgehead atoms. The monoisotopic (exact) mass is 265 g/mol. The third kappa shape index (κ3) is 3.50. The van der Waals surface area contributed by atoms with E-state index >= 15 is 0 Å². The van der Waals surface area contributed by atoms with Crippen LogP contribution in [0.3, 0.4) is 0 Å². The first-order valence-electron chi connectivity index (χ1n) is 6.27. The Balaban J connectivity index is 1.93. The fourth-order valence-corrected chi connectivity index (χ4v) is 3.52. The van der Waals surface area contributed by atoms with Crippen LogP contribution in [0.2, 0.25) is 0 Å². The van der Waals surface area contributed by atoms with Gasteiger partial charge in [0.05, 0.1) is 4.87 Å². The molecule has 3 nitrogen and oxygen atoms in total. The van der Waals surface area contributed by atoms with Gasteiger partial charge in [-0.1, -0.05) is 30.3 Å². The van der Waals surface area contributed by atoms with Gasteiger partial charge in [0.2, 0.25) is 0 Å². The smallest absolute Gasteiger partial charge is 0.320 e. The van der Waals surface area contributed by atoms with Crippen molar-refractivity contribution in [2.45, 2.75) is 37.1 Å². The number of nitrogens with one attached hydrogen (secondary N) is 1. The first-order chi connectivity index (χ1) is 8.59. The van der Waals surface area contributed by atoms with Crippen LogP contribution in [0.5, 0.6) is 0 Å². The molecule has 0 amide bonds. The Morgan fingerprint density at radius 1 is 1.50 bits per heavy atom. The Hall–Kier alpha value is -1.00. The van der Waals surface area contributed by atoms with Crippen LogP contribution in [0.15, 0.2) is 30.3 Å². The number of hydrogen-bond donors (Lipinski definition) is 2. The molecule has 2 unspecified atom stereocenters. The molecule has 1 aromatic carbocycles. The lowest BCUT2D eigenvalue weighted by atomic mass is 10.0. The van der Waals surface area contributed by atoms with Crippen molar-refractivity contribution >= 4 is 17.7 Å². The minimum absolute atomic E-state index is 0.128. The van der Waals surface area contributed by atoms with E-state index < -0.39 is 12.0 Å². The van der Waals surface area contributed by atoms with E-state index in [1.807, 2.05) is 30.0 Å². The summed E-state index contributed by atoms with van der Waals surface area (Å²) >= 11 is 1.83. The Kier molecular flexibility index (Phi) is 4.30. The van der Waals surface area contributed by atoms with Crippen LogP contribution in [0.1, 0.15) is 25.3 Å². The predicted octanol–water partition coefficient (Wildman–Crippen LogP) is 2.52. The minimum Gasteiger partial charge on any atom is -0.480 e. The van der Waals surface area contributed by atoms with Crippen molar-refractivity contribution in [3.8, 4) is 0 Å². The number of aryl methyl sites for hydroxylation is 1. The average molecular weight is 265 g/mol. The van der Waals surface area contributed by atoms with Gasteiger partial charge in [-0.15, -0.1) is 11.8 Å². The number of aliphatic carboxylic acids is 1. The first-order valence-corrected chi connectivity index (χ1v) is 7.26. The molecule has 0 radical (unpaired) electrons. The normalized spacial score (nSPS) is 27.9. The molecule has 1 aliphatic heterocycles. The fraction of sp³-hybridized carbons (Fsp3) is 0.500. The van der Waals surface area contributed by atoms with Gasteiger partial charge in [-0.3, -0.25) is 10.1 Å². The van der Waals surface area contributed by atoms with Crippen LogP contribution in [-0.4, -0.2) is 27.7 Å². The van der Waals surface area contributed by atoms with Gasteiger partial charge in [0.15, 0.2) is 0 Å². The first kappa shape index (κ1) is 13.4. The molecule has 1 aliphatic rings. The van der Waals surface area contributed by atoms with Crippen molar-refractivity contribution in [2.75, 3.05) is 5.75 Å². The molecule has 1 aromatic rings. The van der Waals surface area contributed by atoms with Crippen LogP contribution >= 0.6 is 11.8 Å². The van der Waals surface area contributed by atoms with E-state index in [4.69, 9.17) is 5.11 Å². The van der Waals surface area contributed by atoms with Crippen molar-refractivity contribution in [1.29, 1.82) is 0 Å². The van der Waals surface area contributed by atoms with E-state index in [9.17, 15) is 4.79 Å². The highest BCUT2D eigenvalue weighted by atomic mass is 32.2. The predicted molar refractivity (Wildman–Crippen MR) is 74.8 cm³/mol. The van der Waals surface area contributed by atoms with E-state index in [0.29, 0.717) is 6.42 Å². The van der Waals surface area contributed by atoms with E-state index in [-0.39, 0.29) is 4.87 Å². The largest absolute Gasteiger partial charge is 0.480 e. The number of carboxylic acid groups (broad SMARTS) is 1. The van der Waals surface area contributed by atoms with Crippen LogP contribution < -0.4 is 5.32 Å². The molecule has 2 N–H and O–H groups in total. The highest BCUT2D eigenvalue weighted by Crippen LogP contribution is 2.32. The summed E-state index contributed by atoms with van der Waals surface area (Å²) in [6.45, 7) is 2.11. The standard InChI is InChI=1S/C14H19NO2S/c1-14(9-7-11-5-3-2-4-6-11)15-12(13(16)17)8-10-18-14/h2-6,12,15H,7-10H2,1H3,(H,16,17). The summed E-state index contributed by atoms with van der Waals surface area (Å²) in [5.74, 6) is 0.177. The zero-order chi connectivity index (χ0) is 13.0. The molecular formula is C14H19NO2S. The lowest BCUT2D eigenvalue weighted by Crippen LogP contribution is -2.53. The zero-order valence-corrected chi connectivity index (χ0v) is 11.4. The van der Waals surface area contributed by atoms with Gasteiger partial charge in [0, 0.05) is 0 Å². The topological polar surface area (TPSA) is 49.3 Å². The van der Waals surface area contributed by atoms with Gasteiger partial charge in [-0.2, -0.15) is 0 Å². The lowest BCUT2D eigenvalue weighted by molar-refractivity contribution is -0.140. The van der Waals surface area contributed by atoms with E-state index in [1.165, 1.54) is 5.56 Å². The molecule has 0 spiro atoms. The van der Waals surface area contributed by atoms with Gasteiger partial charge in [0.1, 0.15) is 6.04 Å². The number of thioether (sulfide) groups is 1. The van der Waals surface area contributed by atoms with Crippen molar-refractivity contribution in [1.82, 2.24) is 5.32 Å². The summed E-state index contributed by atoms with van der Waals surface area (Å²) in [4.78, 5) is 10.9. The summed E-state index contributed by atoms with van der Waals surface area (Å²) in [6, 6.07) is 9.93. The molecule has 0 aromatic heterocycles. The molecule has 2 atom stereocenters. The second-order valence-corrected chi connectivity index (χ2v) is 6.49. The number of rotatable bonds is 4. The Bertz CT molecular complexity index is 410. The van der Waals surface area contributed by atoms with Crippen LogP contribution in [0.25, 0.3) is 0 Å². The second-order valence-electron chi connectivity index (χ2n) is 4.89. The molecule has 0 saturated carbocycles. The SMILES string of the molecule is CC1(CCc2ccccc2)NC(C(=O)O)CCS1. The summed E-state index contributed by atoms with van der Waals surface area (Å²) in [5, 5.41) is 12.3. The van der Waals surface area contributed by atoms with Gasteiger partial charge in [0.25, 0.3) is 0 Å². The average Bonchev–Trinajstić information content (AvgIpc) is 2.38. The van der Waals surface area contributed by atoms with Crippen LogP contribution in [0.4, 0.5) is 0 Å². The highest BCUT2D eigenvalue weighted by Gasteiger charge is 2.34. The Morgan fingerprint density at radius 3 is 2.89 bits per heavy atom. The quantitative estimate of drug-likeness (QED) is 0.878. The van der Waals surface area contributed by atoms with E-state index in [1.54, 1.807) is 0 Å². The summed E-state index contributed by atoms with van der Waals surface area (Å²) < 4.78 is 0. The lowest BCUT2D eigenvalue weighted by Gasteiger charge is -2.37. The zero-order valence-electron chi connectivity index (χ0n) is 10.6. The van der Waals surface area contributed by atoms with Gasteiger partial charge < -0.3 is 5.11 Å². The molecule has 1 saturated heterocycles. The van der Waals surface area contributed by atoms with Gasteiger partial charge >= 0.3 is 5.97 Å². The molecule has 2 rings (SSSR count). The highest BCUT2D eigenvalue weighted by molar-refractivity contribution is 8.00. The maximum atomic E-state index is 11.0. The molecule has 98 valence electrons. The van der Waals surface area contributed by atoms with E-state index in [0.717, 1.165) is 18.6 Å². The van der Waals surface area contributed by atoms with Crippen molar-refractivity contribution in [3.05, 3.63) is 35.9 Å². The summed E-state index contributed by atoms with van der Waals surface area (Å²) in [5.41, 5.74) is 1.30. The van der Waals surface area contributed by atoms with Crippen molar-refractivity contribution in [2.24, 2.45) is 0 Å². The van der Waals surface area contributed by atoms with Crippen LogP contribution in [0, 0.1) is 0 Å². The number of carboxylic acids is 1. The maximum absolute atomic E-state index is 11.0. The summed E-state index contributed by atoms with van der Waals surface area (Å²) in [7, 11) is 0. The van der Waals surface area contributed by atoms with E-state index in [2.05, 4.69) is 24.4 Å². The molecule has 0 aliphatic carbocycles. The van der Waals surface area contributed by atoms with Crippen molar-refractivity contribution < 1.29 is 9.90 Å². The fourth-order valence-electron chi connectivity index (χ4n) is 2.24. The third-order valence-corrected chi connectivity index (χ3v) is 4.74. The Labute approximate surface area is 112 Å². The number of hydrogen-bond acceptors (Lipinski definition) is 3. The van der Waals surface area contributed by atoms with Crippen molar-refractivity contribution in [3.63, 3.8) is 0 Å². The second kappa shape index (κ2) is 5.76. The van der Waals surface area contributed by atoms with Gasteiger partial charge in [-0.05, 0) is 37.5 Å². The summed E-state index contributed by atoms with van der Waals surface area (Å²) in [6.07, 6.45) is 2.63. The molecule has 1 heterocycles. The number of benzene rings is 1. The number of carbonyl (C=O) groups is 1. The molecule has 18 heavy (non-hydrogen) atoms.